The lowest BCUT2D eigenvalue weighted by Gasteiger charge is -2.35. The van der Waals surface area contributed by atoms with E-state index in [0.29, 0.717) is 42.7 Å². The lowest BCUT2D eigenvalue weighted by atomic mass is 10.2. The number of anilines is 2. The molecule has 2 heterocycles. The summed E-state index contributed by atoms with van der Waals surface area (Å²) in [5.74, 6) is 1.41. The zero-order valence-corrected chi connectivity index (χ0v) is 17.3. The first-order valence-corrected chi connectivity index (χ1v) is 10.7. The highest BCUT2D eigenvalue weighted by molar-refractivity contribution is 7.89. The molecule has 1 aliphatic rings. The summed E-state index contributed by atoms with van der Waals surface area (Å²) >= 11 is 6.11. The number of halogens is 1. The summed E-state index contributed by atoms with van der Waals surface area (Å²) in [4.78, 5) is 11.3. The van der Waals surface area contributed by atoms with Gasteiger partial charge >= 0.3 is 0 Å². The lowest BCUT2D eigenvalue weighted by molar-refractivity contribution is 0.383. The second kappa shape index (κ2) is 8.00. The van der Waals surface area contributed by atoms with E-state index >= 15 is 0 Å². The zero-order valence-electron chi connectivity index (χ0n) is 15.7. The van der Waals surface area contributed by atoms with Crippen LogP contribution >= 0.6 is 11.6 Å². The highest BCUT2D eigenvalue weighted by atomic mass is 35.5. The van der Waals surface area contributed by atoms with Crippen molar-refractivity contribution in [2.24, 2.45) is 0 Å². The van der Waals surface area contributed by atoms with Crippen LogP contribution in [0.15, 0.2) is 29.2 Å². The van der Waals surface area contributed by atoms with E-state index in [9.17, 15) is 8.42 Å². The largest absolute Gasteiger partial charge is 0.354 e. The minimum Gasteiger partial charge on any atom is -0.354 e. The van der Waals surface area contributed by atoms with Gasteiger partial charge in [-0.15, -0.1) is 0 Å². The third-order valence-electron chi connectivity index (χ3n) is 4.57. The second-order valence-electron chi connectivity index (χ2n) is 6.48. The number of rotatable bonds is 5. The normalized spacial score (nSPS) is 15.8. The first-order valence-electron chi connectivity index (χ1n) is 8.92. The van der Waals surface area contributed by atoms with Crippen LogP contribution in [0.3, 0.4) is 0 Å². The van der Waals surface area contributed by atoms with E-state index in [1.54, 1.807) is 25.1 Å². The highest BCUT2D eigenvalue weighted by Crippen LogP contribution is 2.27. The predicted octanol–water partition coefficient (Wildman–Crippen LogP) is 2.69. The van der Waals surface area contributed by atoms with Crippen LogP contribution in [0.4, 0.5) is 11.8 Å². The number of sulfonamides is 1. The molecule has 0 saturated carbocycles. The van der Waals surface area contributed by atoms with Gasteiger partial charge in [0.1, 0.15) is 5.82 Å². The second-order valence-corrected chi connectivity index (χ2v) is 8.79. The molecule has 0 spiro atoms. The number of piperazine rings is 1. The standard InChI is InChI=1S/C18H24ClN5O2S/c1-4-20-18-21-13(2)12-17(22-18)23-8-10-24(11-9-23)27(25,26)16-7-5-6-15(19)14(16)3/h5-7,12H,4,8-11H2,1-3H3,(H,20,21,22). The number of nitrogens with zero attached hydrogens (tertiary/aromatic N) is 4. The quantitative estimate of drug-likeness (QED) is 0.817. The van der Waals surface area contributed by atoms with Crippen LogP contribution in [0, 0.1) is 13.8 Å². The van der Waals surface area contributed by atoms with Crippen molar-refractivity contribution in [3.05, 3.63) is 40.5 Å². The average Bonchev–Trinajstić information content (AvgIpc) is 2.64. The van der Waals surface area contributed by atoms with Crippen molar-refractivity contribution >= 4 is 33.4 Å². The van der Waals surface area contributed by atoms with Crippen molar-refractivity contribution < 1.29 is 8.42 Å². The summed E-state index contributed by atoms with van der Waals surface area (Å²) in [5, 5.41) is 3.59. The number of hydrogen-bond donors (Lipinski definition) is 1. The molecule has 0 atom stereocenters. The molecule has 146 valence electrons. The summed E-state index contributed by atoms with van der Waals surface area (Å²) in [6.07, 6.45) is 0. The highest BCUT2D eigenvalue weighted by Gasteiger charge is 2.30. The number of nitrogens with one attached hydrogen (secondary N) is 1. The first kappa shape index (κ1) is 19.9. The first-order chi connectivity index (χ1) is 12.8. The maximum atomic E-state index is 13.0. The molecule has 0 bridgehead atoms. The summed E-state index contributed by atoms with van der Waals surface area (Å²) in [6.45, 7) is 8.33. The average molecular weight is 410 g/mol. The fourth-order valence-electron chi connectivity index (χ4n) is 3.11. The molecule has 1 aromatic heterocycles. The predicted molar refractivity (Wildman–Crippen MR) is 108 cm³/mol. The van der Waals surface area contributed by atoms with Crippen molar-refractivity contribution in [2.75, 3.05) is 42.9 Å². The number of aryl methyl sites for hydroxylation is 1. The monoisotopic (exact) mass is 409 g/mol. The summed E-state index contributed by atoms with van der Waals surface area (Å²) in [5.41, 5.74) is 1.46. The molecule has 0 radical (unpaired) electrons. The molecule has 0 unspecified atom stereocenters. The van der Waals surface area contributed by atoms with E-state index in [4.69, 9.17) is 11.6 Å². The van der Waals surface area contributed by atoms with Crippen LogP contribution in [0.1, 0.15) is 18.2 Å². The SMILES string of the molecule is CCNc1nc(C)cc(N2CCN(S(=O)(=O)c3cccc(Cl)c3C)CC2)n1. The molecule has 0 aliphatic carbocycles. The van der Waals surface area contributed by atoms with Gasteiger partial charge in [0.15, 0.2) is 0 Å². The number of aromatic nitrogens is 2. The molecule has 1 fully saturated rings. The van der Waals surface area contributed by atoms with Crippen LogP contribution in [-0.2, 0) is 10.0 Å². The van der Waals surface area contributed by atoms with Crippen molar-refractivity contribution in [2.45, 2.75) is 25.7 Å². The molecule has 27 heavy (non-hydrogen) atoms. The molecule has 9 heteroatoms. The van der Waals surface area contributed by atoms with Gasteiger partial charge in [-0.05, 0) is 38.5 Å². The third-order valence-corrected chi connectivity index (χ3v) is 7.03. The fourth-order valence-corrected chi connectivity index (χ4v) is 5.02. The van der Waals surface area contributed by atoms with Crippen molar-refractivity contribution in [1.82, 2.24) is 14.3 Å². The van der Waals surface area contributed by atoms with E-state index in [1.165, 1.54) is 4.31 Å². The Kier molecular flexibility index (Phi) is 5.88. The van der Waals surface area contributed by atoms with Crippen LogP contribution < -0.4 is 10.2 Å². The van der Waals surface area contributed by atoms with Gasteiger partial charge in [0, 0.05) is 49.5 Å². The topological polar surface area (TPSA) is 78.4 Å². The fraction of sp³-hybridized carbons (Fsp3) is 0.444. The Balaban J connectivity index is 1.76. The maximum absolute atomic E-state index is 13.0. The summed E-state index contributed by atoms with van der Waals surface area (Å²) < 4.78 is 27.5. The molecule has 0 amide bonds. The van der Waals surface area contributed by atoms with Crippen LogP contribution in [0.2, 0.25) is 5.02 Å². The molecular weight excluding hydrogens is 386 g/mol. The molecular formula is C18H24ClN5O2S. The summed E-state index contributed by atoms with van der Waals surface area (Å²) in [7, 11) is -3.57. The van der Waals surface area contributed by atoms with Gasteiger partial charge in [-0.1, -0.05) is 17.7 Å². The Morgan fingerprint density at radius 1 is 1.15 bits per heavy atom. The third kappa shape index (κ3) is 4.17. The molecule has 1 aromatic carbocycles. The molecule has 1 N–H and O–H groups in total. The van der Waals surface area contributed by atoms with Crippen LogP contribution in [0.5, 0.6) is 0 Å². The van der Waals surface area contributed by atoms with Crippen molar-refractivity contribution in [3.8, 4) is 0 Å². The van der Waals surface area contributed by atoms with Gasteiger partial charge in [-0.25, -0.2) is 13.4 Å². The van der Waals surface area contributed by atoms with Gasteiger partial charge in [0.25, 0.3) is 0 Å². The minimum atomic E-state index is -3.57. The molecule has 2 aromatic rings. The number of benzene rings is 1. The zero-order chi connectivity index (χ0) is 19.6. The van der Waals surface area contributed by atoms with Crippen LogP contribution in [-0.4, -0.2) is 55.4 Å². The van der Waals surface area contributed by atoms with Gasteiger partial charge in [-0.2, -0.15) is 9.29 Å². The lowest BCUT2D eigenvalue weighted by Crippen LogP contribution is -2.49. The Hall–Kier alpha value is -1.90. The van der Waals surface area contributed by atoms with E-state index in [2.05, 4.69) is 20.2 Å². The van der Waals surface area contributed by atoms with Gasteiger partial charge in [0.2, 0.25) is 16.0 Å². The Labute approximate surface area is 165 Å². The van der Waals surface area contributed by atoms with Crippen LogP contribution in [0.25, 0.3) is 0 Å². The molecule has 7 nitrogen and oxygen atoms in total. The molecule has 3 rings (SSSR count). The van der Waals surface area contributed by atoms with E-state index in [0.717, 1.165) is 18.1 Å². The van der Waals surface area contributed by atoms with E-state index in [1.807, 2.05) is 19.9 Å². The van der Waals surface area contributed by atoms with Gasteiger partial charge in [0.05, 0.1) is 4.90 Å². The summed E-state index contributed by atoms with van der Waals surface area (Å²) in [6, 6.07) is 6.91. The minimum absolute atomic E-state index is 0.274. The molecule has 1 saturated heterocycles. The Morgan fingerprint density at radius 3 is 2.52 bits per heavy atom. The van der Waals surface area contributed by atoms with Gasteiger partial charge in [-0.3, -0.25) is 0 Å². The number of hydrogen-bond acceptors (Lipinski definition) is 6. The van der Waals surface area contributed by atoms with Crippen molar-refractivity contribution in [3.63, 3.8) is 0 Å². The van der Waals surface area contributed by atoms with Gasteiger partial charge < -0.3 is 10.2 Å². The Bertz CT molecular complexity index is 927. The van der Waals surface area contributed by atoms with Crippen molar-refractivity contribution in [1.29, 1.82) is 0 Å². The maximum Gasteiger partial charge on any atom is 0.243 e. The molecule has 1 aliphatic heterocycles. The van der Waals surface area contributed by atoms with E-state index < -0.39 is 10.0 Å². The smallest absolute Gasteiger partial charge is 0.243 e. The van der Waals surface area contributed by atoms with E-state index in [-0.39, 0.29) is 4.90 Å². The Morgan fingerprint density at radius 2 is 1.85 bits per heavy atom.